The number of carbonyl (C=O) groups is 1. The number of carboxylic acid groups (broad SMARTS) is 1. The van der Waals surface area contributed by atoms with Crippen LogP contribution >= 0.6 is 11.3 Å². The largest absolute Gasteiger partial charge is 0.494 e. The van der Waals surface area contributed by atoms with Crippen molar-refractivity contribution in [3.05, 3.63) is 35.0 Å². The van der Waals surface area contributed by atoms with Crippen LogP contribution in [0.5, 0.6) is 5.75 Å². The van der Waals surface area contributed by atoms with Gasteiger partial charge < -0.3 is 15.2 Å². The van der Waals surface area contributed by atoms with Crippen molar-refractivity contribution >= 4 is 33.3 Å². The second-order valence-corrected chi connectivity index (χ2v) is 7.82. The molecule has 0 amide bonds. The summed E-state index contributed by atoms with van der Waals surface area (Å²) in [5.74, 6) is 1.15. The Balaban J connectivity index is 2.13. The minimum absolute atomic E-state index is 0.529. The molecule has 0 aliphatic heterocycles. The van der Waals surface area contributed by atoms with E-state index in [-0.39, 0.29) is 0 Å². The highest BCUT2D eigenvalue weighted by Gasteiger charge is 2.22. The van der Waals surface area contributed by atoms with Gasteiger partial charge in [-0.2, -0.15) is 0 Å². The number of hydrogen-bond donors (Lipinski definition) is 2. The van der Waals surface area contributed by atoms with Crippen LogP contribution in [0.25, 0.3) is 21.3 Å². The summed E-state index contributed by atoms with van der Waals surface area (Å²) in [5, 5.41) is 13.6. The van der Waals surface area contributed by atoms with E-state index in [1.54, 1.807) is 11.3 Å². The maximum Gasteiger partial charge on any atom is 0.326 e. The minimum Gasteiger partial charge on any atom is -0.494 e. The minimum atomic E-state index is -0.874. The number of benzene rings is 1. The predicted molar refractivity (Wildman–Crippen MR) is 113 cm³/mol. The van der Waals surface area contributed by atoms with Crippen molar-refractivity contribution < 1.29 is 14.6 Å². The zero-order chi connectivity index (χ0) is 20.3. The molecule has 0 saturated heterocycles. The molecule has 2 aromatic heterocycles. The van der Waals surface area contributed by atoms with Crippen LogP contribution in [0.2, 0.25) is 0 Å². The number of anilines is 1. The van der Waals surface area contributed by atoms with Gasteiger partial charge in [0.05, 0.1) is 12.0 Å². The van der Waals surface area contributed by atoms with Crippen molar-refractivity contribution in [1.82, 2.24) is 9.97 Å². The van der Waals surface area contributed by atoms with Crippen molar-refractivity contribution in [3.63, 3.8) is 0 Å². The summed E-state index contributed by atoms with van der Waals surface area (Å²) in [5.41, 5.74) is 2.07. The average molecular weight is 400 g/mol. The molecule has 7 heteroatoms. The molecule has 0 spiro atoms. The molecule has 3 rings (SSSR count). The van der Waals surface area contributed by atoms with Gasteiger partial charge >= 0.3 is 5.97 Å². The first-order valence-electron chi connectivity index (χ1n) is 9.44. The van der Waals surface area contributed by atoms with Crippen LogP contribution in [0.3, 0.4) is 0 Å². The average Bonchev–Trinajstić information content (AvgIpc) is 2.98. The molecule has 28 heavy (non-hydrogen) atoms. The number of nitrogens with one attached hydrogen (secondary N) is 1. The topological polar surface area (TPSA) is 84.3 Å². The van der Waals surface area contributed by atoms with Gasteiger partial charge in [0, 0.05) is 10.4 Å². The molecule has 3 aromatic rings. The van der Waals surface area contributed by atoms with E-state index < -0.39 is 12.0 Å². The number of ether oxygens (including phenoxy) is 1. The first-order valence-corrected chi connectivity index (χ1v) is 10.3. The molecule has 1 atom stereocenters. The zero-order valence-electron chi connectivity index (χ0n) is 16.6. The highest BCUT2D eigenvalue weighted by Crippen LogP contribution is 2.41. The van der Waals surface area contributed by atoms with Gasteiger partial charge in [-0.15, -0.1) is 11.3 Å². The third-order valence-corrected chi connectivity index (χ3v) is 5.48. The van der Waals surface area contributed by atoms with Crippen LogP contribution in [0.15, 0.2) is 24.3 Å². The molecule has 0 aliphatic rings. The van der Waals surface area contributed by atoms with Crippen LogP contribution in [-0.4, -0.2) is 33.7 Å². The van der Waals surface area contributed by atoms with Crippen molar-refractivity contribution in [1.29, 1.82) is 0 Å². The lowest BCUT2D eigenvalue weighted by Gasteiger charge is -2.16. The molecule has 0 bridgehead atoms. The maximum absolute atomic E-state index is 11.7. The lowest BCUT2D eigenvalue weighted by Crippen LogP contribution is -2.29. The third-order valence-electron chi connectivity index (χ3n) is 4.48. The highest BCUT2D eigenvalue weighted by molar-refractivity contribution is 7.19. The van der Waals surface area contributed by atoms with Crippen LogP contribution in [-0.2, 0) is 4.79 Å². The molecule has 1 aromatic carbocycles. The van der Waals surface area contributed by atoms with Gasteiger partial charge in [0.25, 0.3) is 0 Å². The summed E-state index contributed by atoms with van der Waals surface area (Å²) in [6, 6.07) is 7.24. The second-order valence-electron chi connectivity index (χ2n) is 6.61. The number of aliphatic carboxylic acids is 1. The summed E-state index contributed by atoms with van der Waals surface area (Å²) < 4.78 is 5.54. The fourth-order valence-corrected chi connectivity index (χ4v) is 4.36. The summed E-state index contributed by atoms with van der Waals surface area (Å²) in [6.45, 7) is 8.43. The SMILES string of the molecule is CCCC(Nc1nc(C)nc2sc(C)c(-c3ccc(OCC)cc3)c12)C(=O)O. The summed E-state index contributed by atoms with van der Waals surface area (Å²) >= 11 is 1.60. The van der Waals surface area contributed by atoms with Crippen molar-refractivity contribution in [2.45, 2.75) is 46.6 Å². The lowest BCUT2D eigenvalue weighted by molar-refractivity contribution is -0.138. The Kier molecular flexibility index (Phi) is 6.14. The quantitative estimate of drug-likeness (QED) is 0.552. The van der Waals surface area contributed by atoms with Gasteiger partial charge in [0.2, 0.25) is 0 Å². The van der Waals surface area contributed by atoms with E-state index >= 15 is 0 Å². The molecule has 0 aliphatic carbocycles. The number of aryl methyl sites for hydroxylation is 2. The monoisotopic (exact) mass is 399 g/mol. The fraction of sp³-hybridized carbons (Fsp3) is 0.381. The Morgan fingerprint density at radius 3 is 2.54 bits per heavy atom. The van der Waals surface area contributed by atoms with Crippen LogP contribution in [0.1, 0.15) is 37.4 Å². The Bertz CT molecular complexity index is 983. The predicted octanol–water partition coefficient (Wildman–Crippen LogP) is 5.04. The first kappa shape index (κ1) is 20.1. The number of nitrogens with zero attached hydrogens (tertiary/aromatic N) is 2. The van der Waals surface area contributed by atoms with Gasteiger partial charge in [0.15, 0.2) is 0 Å². The van der Waals surface area contributed by atoms with Gasteiger partial charge in [-0.1, -0.05) is 25.5 Å². The van der Waals surface area contributed by atoms with Crippen molar-refractivity contribution in [2.75, 3.05) is 11.9 Å². The van der Waals surface area contributed by atoms with Gasteiger partial charge in [0.1, 0.15) is 28.3 Å². The van der Waals surface area contributed by atoms with Gasteiger partial charge in [-0.05, 0) is 44.9 Å². The Labute approximate surface area is 168 Å². The van der Waals surface area contributed by atoms with Crippen molar-refractivity contribution in [2.24, 2.45) is 0 Å². The molecule has 2 N–H and O–H groups in total. The van der Waals surface area contributed by atoms with Crippen LogP contribution in [0, 0.1) is 13.8 Å². The summed E-state index contributed by atoms with van der Waals surface area (Å²) in [6.07, 6.45) is 1.30. The summed E-state index contributed by atoms with van der Waals surface area (Å²) in [7, 11) is 0. The van der Waals surface area contributed by atoms with E-state index in [1.807, 2.05) is 45.0 Å². The number of thiophene rings is 1. The lowest BCUT2D eigenvalue weighted by atomic mass is 10.0. The standard InChI is InChI=1S/C21H25N3O3S/c1-5-7-16(21(25)26)24-19-18-17(12(3)28-20(18)23-13(4)22-19)14-8-10-15(11-9-14)27-6-2/h8-11,16H,5-7H2,1-4H3,(H,25,26)(H,22,23,24). The number of carboxylic acids is 1. The molecule has 6 nitrogen and oxygen atoms in total. The molecule has 0 fully saturated rings. The van der Waals surface area contributed by atoms with E-state index in [0.29, 0.717) is 24.7 Å². The van der Waals surface area contributed by atoms with E-state index in [2.05, 4.69) is 22.2 Å². The van der Waals surface area contributed by atoms with Crippen molar-refractivity contribution in [3.8, 4) is 16.9 Å². The molecular weight excluding hydrogens is 374 g/mol. The maximum atomic E-state index is 11.7. The van der Waals surface area contributed by atoms with E-state index in [4.69, 9.17) is 4.74 Å². The van der Waals surface area contributed by atoms with E-state index in [9.17, 15) is 9.90 Å². The number of fused-ring (bicyclic) bond motifs is 1. The van der Waals surface area contributed by atoms with Gasteiger partial charge in [-0.3, -0.25) is 0 Å². The Morgan fingerprint density at radius 2 is 1.93 bits per heavy atom. The third kappa shape index (κ3) is 4.09. The van der Waals surface area contributed by atoms with E-state index in [0.717, 1.165) is 38.4 Å². The normalized spacial score (nSPS) is 12.1. The number of rotatable bonds is 8. The molecule has 1 unspecified atom stereocenters. The highest BCUT2D eigenvalue weighted by atomic mass is 32.1. The number of hydrogen-bond acceptors (Lipinski definition) is 6. The molecule has 0 radical (unpaired) electrons. The second kappa shape index (κ2) is 8.56. The van der Waals surface area contributed by atoms with Crippen LogP contribution in [0.4, 0.5) is 5.82 Å². The molecule has 0 saturated carbocycles. The molecular formula is C21H25N3O3S. The first-order chi connectivity index (χ1) is 13.4. The smallest absolute Gasteiger partial charge is 0.326 e. The zero-order valence-corrected chi connectivity index (χ0v) is 17.4. The summed E-state index contributed by atoms with van der Waals surface area (Å²) in [4.78, 5) is 22.8. The Morgan fingerprint density at radius 1 is 1.21 bits per heavy atom. The van der Waals surface area contributed by atoms with Crippen LogP contribution < -0.4 is 10.1 Å². The number of aromatic nitrogens is 2. The van der Waals surface area contributed by atoms with Gasteiger partial charge in [-0.25, -0.2) is 14.8 Å². The fourth-order valence-electron chi connectivity index (χ4n) is 3.27. The molecule has 2 heterocycles. The Hall–Kier alpha value is -2.67. The molecule has 148 valence electrons. The van der Waals surface area contributed by atoms with E-state index in [1.165, 1.54) is 0 Å².